The number of phenols is 1. The van der Waals surface area contributed by atoms with E-state index in [1.807, 2.05) is 30.3 Å². The number of carbonyl (C=O) groups is 2. The number of imide groups is 1. The summed E-state index contributed by atoms with van der Waals surface area (Å²) in [7, 11) is 0. The molecule has 4 N–H and O–H groups in total. The van der Waals surface area contributed by atoms with Gasteiger partial charge in [-0.05, 0) is 86.1 Å². The molecule has 2 aromatic carbocycles. The maximum Gasteiger partial charge on any atom is 0.328 e. The molecular formula is C49H58FN11O5. The van der Waals surface area contributed by atoms with E-state index in [0.29, 0.717) is 54.1 Å². The van der Waals surface area contributed by atoms with E-state index in [4.69, 9.17) is 20.2 Å². The number of para-hydroxylation sites is 1. The number of hydrogen-bond donors (Lipinski definition) is 3. The lowest BCUT2D eigenvalue weighted by atomic mass is 9.94. The molecule has 66 heavy (non-hydrogen) atoms. The van der Waals surface area contributed by atoms with Crippen molar-refractivity contribution in [2.75, 3.05) is 90.9 Å². The van der Waals surface area contributed by atoms with Crippen LogP contribution in [-0.2, 0) is 20.7 Å². The topological polar surface area (TPSA) is 171 Å². The minimum Gasteiger partial charge on any atom is -0.507 e. The molecule has 17 heteroatoms. The molecule has 346 valence electrons. The number of hydrogen-bond acceptors (Lipinski definition) is 13. The van der Waals surface area contributed by atoms with Crippen molar-refractivity contribution in [3.05, 3.63) is 78.4 Å². The van der Waals surface area contributed by atoms with Gasteiger partial charge in [0.25, 0.3) is 0 Å². The summed E-state index contributed by atoms with van der Waals surface area (Å²) in [5.74, 6) is 0.0535. The Balaban J connectivity index is 0.671. The second-order valence-electron chi connectivity index (χ2n) is 19.0. The first-order valence-corrected chi connectivity index (χ1v) is 23.7. The second-order valence-corrected chi connectivity index (χ2v) is 19.0. The number of nitrogen functional groups attached to an aromatic ring is 1. The zero-order valence-electron chi connectivity index (χ0n) is 37.4. The average molecular weight is 900 g/mol. The van der Waals surface area contributed by atoms with Crippen molar-refractivity contribution >= 4 is 51.5 Å². The van der Waals surface area contributed by atoms with Crippen molar-refractivity contribution < 1.29 is 28.6 Å². The number of aromatic hydroxyl groups is 1. The molecule has 3 aromatic heterocycles. The molecule has 0 aliphatic carbocycles. The van der Waals surface area contributed by atoms with Crippen LogP contribution in [0, 0.1) is 11.7 Å². The number of aromatic nitrogens is 4. The van der Waals surface area contributed by atoms with E-state index in [0.717, 1.165) is 119 Å². The van der Waals surface area contributed by atoms with Crippen LogP contribution in [0.5, 0.6) is 5.75 Å². The number of nitrogens with two attached hydrogens (primary N) is 1. The molecule has 6 fully saturated rings. The van der Waals surface area contributed by atoms with Gasteiger partial charge in [0.2, 0.25) is 5.91 Å². The number of nitrogens with zero attached hydrogens (tertiary/aromatic N) is 9. The van der Waals surface area contributed by atoms with E-state index in [9.17, 15) is 14.7 Å². The van der Waals surface area contributed by atoms with Gasteiger partial charge in [-0.3, -0.25) is 15.0 Å². The number of phenolic OH excluding ortho intramolecular Hbond substituents is 1. The first-order chi connectivity index (χ1) is 32.1. The number of amides is 3. The van der Waals surface area contributed by atoms with Gasteiger partial charge in [-0.2, -0.15) is 0 Å². The van der Waals surface area contributed by atoms with Crippen molar-refractivity contribution in [1.82, 2.24) is 30.0 Å². The summed E-state index contributed by atoms with van der Waals surface area (Å²) in [4.78, 5) is 40.2. The lowest BCUT2D eigenvalue weighted by Gasteiger charge is -2.46. The summed E-state index contributed by atoms with van der Waals surface area (Å²) in [5.41, 5.74) is 12.8. The molecule has 0 radical (unpaired) electrons. The molecule has 0 saturated carbocycles. The SMILES string of the molecule is CCc1cn(C2COC3(CCN(CC4CCN(c5cc(N6C7CCC6CN(c6cc(-c8ccccc8O)nnc6N)C7)ccc5F)CC4)CC3)OC2)c2ncc(N3CCC(=O)NC3=O)cc12. The van der Waals surface area contributed by atoms with Crippen LogP contribution in [-0.4, -0.2) is 125 Å². The lowest BCUT2D eigenvalue weighted by molar-refractivity contribution is -0.295. The number of anilines is 5. The minimum atomic E-state index is -0.582. The normalized spacial score (nSPS) is 23.1. The van der Waals surface area contributed by atoms with Crippen molar-refractivity contribution in [3.8, 4) is 17.0 Å². The number of nitrogens with one attached hydrogen (secondary N) is 1. The highest BCUT2D eigenvalue weighted by atomic mass is 19.1. The number of ether oxygens (including phenoxy) is 2. The second kappa shape index (κ2) is 17.3. The largest absolute Gasteiger partial charge is 0.507 e. The number of pyridine rings is 1. The molecule has 6 aliphatic rings. The summed E-state index contributed by atoms with van der Waals surface area (Å²) < 4.78 is 31.0. The van der Waals surface area contributed by atoms with E-state index < -0.39 is 11.8 Å². The Hall–Kier alpha value is -6.04. The number of benzene rings is 2. The number of carbonyl (C=O) groups excluding carboxylic acids is 2. The van der Waals surface area contributed by atoms with Gasteiger partial charge in [-0.15, -0.1) is 10.2 Å². The maximum atomic E-state index is 15.6. The van der Waals surface area contributed by atoms with Gasteiger partial charge in [0.15, 0.2) is 11.6 Å². The Labute approximate surface area is 383 Å². The zero-order chi connectivity index (χ0) is 45.1. The fraction of sp³-hybridized carbons (Fsp3) is 0.490. The van der Waals surface area contributed by atoms with Gasteiger partial charge < -0.3 is 44.5 Å². The fourth-order valence-corrected chi connectivity index (χ4v) is 11.4. The van der Waals surface area contributed by atoms with Gasteiger partial charge in [0.05, 0.1) is 48.2 Å². The van der Waals surface area contributed by atoms with Crippen molar-refractivity contribution in [2.45, 2.75) is 82.2 Å². The van der Waals surface area contributed by atoms with Crippen LogP contribution < -0.4 is 30.7 Å². The first kappa shape index (κ1) is 42.6. The van der Waals surface area contributed by atoms with Crippen LogP contribution in [0.3, 0.4) is 0 Å². The smallest absolute Gasteiger partial charge is 0.328 e. The average Bonchev–Trinajstić information content (AvgIpc) is 3.83. The first-order valence-electron chi connectivity index (χ1n) is 23.7. The molecule has 11 rings (SSSR count). The fourth-order valence-electron chi connectivity index (χ4n) is 11.4. The quantitative estimate of drug-likeness (QED) is 0.156. The molecule has 2 unspecified atom stereocenters. The summed E-state index contributed by atoms with van der Waals surface area (Å²) in [6.07, 6.45) is 10.7. The van der Waals surface area contributed by atoms with Gasteiger partial charge in [-0.1, -0.05) is 19.1 Å². The summed E-state index contributed by atoms with van der Waals surface area (Å²) in [6.45, 7) is 9.51. The molecule has 3 amide bonds. The Morgan fingerprint density at radius 1 is 0.864 bits per heavy atom. The third-order valence-corrected chi connectivity index (χ3v) is 15.1. The van der Waals surface area contributed by atoms with Gasteiger partial charge in [-0.25, -0.2) is 14.2 Å². The molecule has 2 bridgehead atoms. The summed E-state index contributed by atoms with van der Waals surface area (Å²) in [5, 5.41) is 22.4. The van der Waals surface area contributed by atoms with E-state index in [1.54, 1.807) is 29.3 Å². The summed E-state index contributed by atoms with van der Waals surface area (Å²) >= 11 is 0. The Bertz CT molecular complexity index is 2620. The summed E-state index contributed by atoms with van der Waals surface area (Å²) in [6, 6.07) is 16.8. The Kier molecular flexibility index (Phi) is 11.2. The Morgan fingerprint density at radius 3 is 2.35 bits per heavy atom. The molecule has 1 spiro atoms. The van der Waals surface area contributed by atoms with Gasteiger partial charge >= 0.3 is 6.03 Å². The number of rotatable bonds is 9. The van der Waals surface area contributed by atoms with Crippen molar-refractivity contribution in [2.24, 2.45) is 5.92 Å². The molecule has 6 saturated heterocycles. The van der Waals surface area contributed by atoms with E-state index in [-0.39, 0.29) is 42.0 Å². The highest BCUT2D eigenvalue weighted by molar-refractivity contribution is 6.06. The van der Waals surface area contributed by atoms with Gasteiger partial charge in [0.1, 0.15) is 17.2 Å². The molecule has 2 atom stereocenters. The third-order valence-electron chi connectivity index (χ3n) is 15.1. The number of piperazine rings is 1. The van der Waals surface area contributed by atoms with E-state index >= 15 is 4.39 Å². The van der Waals surface area contributed by atoms with Crippen LogP contribution in [0.25, 0.3) is 22.3 Å². The van der Waals surface area contributed by atoms with Crippen LogP contribution in [0.15, 0.2) is 67.0 Å². The van der Waals surface area contributed by atoms with Crippen molar-refractivity contribution in [3.63, 3.8) is 0 Å². The van der Waals surface area contributed by atoms with Crippen LogP contribution >= 0.6 is 0 Å². The highest BCUT2D eigenvalue weighted by Crippen LogP contribution is 2.42. The highest BCUT2D eigenvalue weighted by Gasteiger charge is 2.43. The Morgan fingerprint density at radius 2 is 1.62 bits per heavy atom. The monoisotopic (exact) mass is 899 g/mol. The van der Waals surface area contributed by atoms with E-state index in [2.05, 4.69) is 58.9 Å². The number of piperidine rings is 2. The molecule has 9 heterocycles. The van der Waals surface area contributed by atoms with Crippen LogP contribution in [0.1, 0.15) is 63.5 Å². The number of aryl methyl sites for hydroxylation is 1. The molecule has 6 aliphatic heterocycles. The number of urea groups is 1. The van der Waals surface area contributed by atoms with Crippen LogP contribution in [0.4, 0.5) is 37.8 Å². The number of fused-ring (bicyclic) bond motifs is 3. The number of halogens is 1. The molecular weight excluding hydrogens is 842 g/mol. The number of likely N-dealkylation sites (tertiary alicyclic amines) is 1. The molecule has 5 aromatic rings. The minimum absolute atomic E-state index is 0.0243. The predicted octanol–water partition coefficient (Wildman–Crippen LogP) is 6.08. The van der Waals surface area contributed by atoms with Crippen molar-refractivity contribution in [1.29, 1.82) is 0 Å². The predicted molar refractivity (Wildman–Crippen MR) is 250 cm³/mol. The molecule has 16 nitrogen and oxygen atoms in total. The zero-order valence-corrected chi connectivity index (χ0v) is 37.4. The third kappa shape index (κ3) is 7.93. The van der Waals surface area contributed by atoms with Gasteiger partial charge in [0, 0.05) is 107 Å². The van der Waals surface area contributed by atoms with Crippen LogP contribution in [0.2, 0.25) is 0 Å². The standard InChI is InChI=1S/C49H58FN11O5/c1-2-32-26-60(47-39(32)21-36(24-52-47)59-18-13-45(63)53-48(59)64)37-29-65-49(66-30-37)14-19-56(20-15-49)25-31-11-16-57(17-12-31)42-22-33(9-10-40(42)50)61-34-7-8-35(61)28-58(27-34)43-23-41(54-55-46(43)51)38-5-3-4-6-44(38)62/h3-6,9-10,21-24,26,31,34-35,37,62H,2,7-8,11-20,25,27-30H2,1H3,(H2,51,55)(H,53,63,64). The van der Waals surface area contributed by atoms with E-state index in [1.165, 1.54) is 0 Å². The lowest BCUT2D eigenvalue weighted by Crippen LogP contribution is -2.54. The maximum absolute atomic E-state index is 15.6.